The number of rotatable bonds is 4. The van der Waals surface area contributed by atoms with Crippen molar-refractivity contribution in [1.29, 1.82) is 0 Å². The molecule has 13 rings (SSSR count). The van der Waals surface area contributed by atoms with Crippen molar-refractivity contribution in [2.24, 2.45) is 0 Å². The third-order valence-electron chi connectivity index (χ3n) is 12.7. The second-order valence-electron chi connectivity index (χ2n) is 15.8. The van der Waals surface area contributed by atoms with Crippen LogP contribution >= 0.6 is 0 Å². The molecule has 2 heterocycles. The molecule has 2 heteroatoms. The fraction of sp³-hybridized carbons (Fsp3) is 0. The summed E-state index contributed by atoms with van der Waals surface area (Å²) in [5.41, 5.74) is 13.0. The summed E-state index contributed by atoms with van der Waals surface area (Å²) in [7, 11) is 0. The lowest BCUT2D eigenvalue weighted by Gasteiger charge is -2.18. The zero-order chi connectivity index (χ0) is 39.3. The fourth-order valence-corrected chi connectivity index (χ4v) is 10.2. The molecule has 0 aliphatic heterocycles. The quantitative estimate of drug-likeness (QED) is 0.167. The molecule has 0 spiro atoms. The largest absolute Gasteiger partial charge is 0.455 e. The zero-order valence-electron chi connectivity index (χ0n) is 32.4. The Hall–Kier alpha value is -7.94. The zero-order valence-corrected chi connectivity index (χ0v) is 32.4. The first-order chi connectivity index (χ1) is 29.8. The number of fused-ring (bicyclic) bond motifs is 10. The Morgan fingerprint density at radius 2 is 0.583 bits per heavy atom. The summed E-state index contributed by atoms with van der Waals surface area (Å²) in [5.74, 6) is 0. The molecular weight excluding hydrogens is 729 g/mol. The van der Waals surface area contributed by atoms with Gasteiger partial charge in [0.2, 0.25) is 0 Å². The summed E-state index contributed by atoms with van der Waals surface area (Å²) in [5, 5.41) is 14.1. The molecule has 0 unspecified atom stereocenters. The van der Waals surface area contributed by atoms with Gasteiger partial charge in [0.25, 0.3) is 0 Å². The first-order valence-corrected chi connectivity index (χ1v) is 20.6. The Bertz CT molecular complexity index is 3770. The molecule has 2 aromatic heterocycles. The van der Waals surface area contributed by atoms with Crippen LogP contribution in [0.15, 0.2) is 215 Å². The molecule has 0 aliphatic rings. The highest BCUT2D eigenvalue weighted by molar-refractivity contribution is 6.27. The van der Waals surface area contributed by atoms with Gasteiger partial charge in [-0.2, -0.15) is 0 Å². The summed E-state index contributed by atoms with van der Waals surface area (Å²) in [6.07, 6.45) is 0. The number of benzene rings is 11. The van der Waals surface area contributed by atoms with E-state index in [9.17, 15) is 0 Å². The van der Waals surface area contributed by atoms with Gasteiger partial charge in [-0.05, 0) is 83.5 Å². The Kier molecular flexibility index (Phi) is 7.05. The van der Waals surface area contributed by atoms with E-state index in [4.69, 9.17) is 8.83 Å². The Morgan fingerprint density at radius 3 is 1.08 bits per heavy atom. The van der Waals surface area contributed by atoms with Crippen LogP contribution in [-0.4, -0.2) is 0 Å². The SMILES string of the molecule is c1ccc(-c2c3ccccc3c(-c3ccc4oc5c(-c6c7ccccc7c(-c7cccc8c7oc7ccccc78)c7ccccc67)cccc5c4c3)c3ccccc23)cc1. The molecule has 0 bridgehead atoms. The second kappa shape index (κ2) is 12.8. The van der Waals surface area contributed by atoms with Crippen molar-refractivity contribution in [3.8, 4) is 44.5 Å². The van der Waals surface area contributed by atoms with Crippen molar-refractivity contribution in [1.82, 2.24) is 0 Å². The van der Waals surface area contributed by atoms with Crippen LogP contribution in [0.5, 0.6) is 0 Å². The summed E-state index contributed by atoms with van der Waals surface area (Å²) in [6.45, 7) is 0. The van der Waals surface area contributed by atoms with E-state index >= 15 is 0 Å². The maximum atomic E-state index is 6.97. The molecule has 0 aliphatic carbocycles. The van der Waals surface area contributed by atoms with Crippen LogP contribution in [0, 0.1) is 0 Å². The van der Waals surface area contributed by atoms with Gasteiger partial charge in [-0.1, -0.05) is 188 Å². The fourth-order valence-electron chi connectivity index (χ4n) is 10.2. The lowest BCUT2D eigenvalue weighted by Crippen LogP contribution is -1.91. The molecule has 11 aromatic carbocycles. The van der Waals surface area contributed by atoms with E-state index < -0.39 is 0 Å². The van der Waals surface area contributed by atoms with E-state index in [1.54, 1.807) is 0 Å². The van der Waals surface area contributed by atoms with Crippen LogP contribution in [0.3, 0.4) is 0 Å². The summed E-state index contributed by atoms with van der Waals surface area (Å²) < 4.78 is 13.6. The van der Waals surface area contributed by atoms with Crippen LogP contribution in [-0.2, 0) is 0 Å². The third-order valence-corrected chi connectivity index (χ3v) is 12.7. The van der Waals surface area contributed by atoms with Crippen LogP contribution in [0.1, 0.15) is 0 Å². The van der Waals surface area contributed by atoms with Gasteiger partial charge >= 0.3 is 0 Å². The minimum absolute atomic E-state index is 0.873. The number of hydrogen-bond donors (Lipinski definition) is 0. The first kappa shape index (κ1) is 33.1. The van der Waals surface area contributed by atoms with Crippen LogP contribution in [0.4, 0.5) is 0 Å². The van der Waals surface area contributed by atoms with Crippen LogP contribution < -0.4 is 0 Å². The molecule has 0 radical (unpaired) electrons. The van der Waals surface area contributed by atoms with E-state index in [-0.39, 0.29) is 0 Å². The molecule has 0 atom stereocenters. The Morgan fingerprint density at radius 1 is 0.217 bits per heavy atom. The monoisotopic (exact) mass is 762 g/mol. The lowest BCUT2D eigenvalue weighted by atomic mass is 9.85. The molecule has 0 saturated heterocycles. The summed E-state index contributed by atoms with van der Waals surface area (Å²) >= 11 is 0. The maximum Gasteiger partial charge on any atom is 0.143 e. The predicted molar refractivity (Wildman–Crippen MR) is 253 cm³/mol. The highest BCUT2D eigenvalue weighted by Gasteiger charge is 2.23. The number of hydrogen-bond acceptors (Lipinski definition) is 2. The predicted octanol–water partition coefficient (Wildman–Crippen LogP) is 16.8. The van der Waals surface area contributed by atoms with Gasteiger partial charge in [0.1, 0.15) is 22.3 Å². The van der Waals surface area contributed by atoms with Crippen molar-refractivity contribution in [2.45, 2.75) is 0 Å². The number of furan rings is 2. The van der Waals surface area contributed by atoms with Crippen LogP contribution in [0.25, 0.3) is 131 Å². The van der Waals surface area contributed by atoms with Gasteiger partial charge in [0.05, 0.1) is 0 Å². The van der Waals surface area contributed by atoms with Crippen molar-refractivity contribution < 1.29 is 8.83 Å². The van der Waals surface area contributed by atoms with E-state index in [2.05, 4.69) is 200 Å². The van der Waals surface area contributed by atoms with E-state index in [1.165, 1.54) is 76.5 Å². The smallest absolute Gasteiger partial charge is 0.143 e. The highest BCUT2D eigenvalue weighted by Crippen LogP contribution is 2.49. The van der Waals surface area contributed by atoms with Gasteiger partial charge in [-0.25, -0.2) is 0 Å². The molecule has 2 nitrogen and oxygen atoms in total. The molecule has 0 N–H and O–H groups in total. The molecule has 60 heavy (non-hydrogen) atoms. The summed E-state index contributed by atoms with van der Waals surface area (Å²) in [6, 6.07) is 74.3. The maximum absolute atomic E-state index is 6.97. The molecule has 0 amide bonds. The van der Waals surface area contributed by atoms with Gasteiger partial charge in [-0.15, -0.1) is 0 Å². The topological polar surface area (TPSA) is 26.3 Å². The van der Waals surface area contributed by atoms with E-state index in [1.807, 2.05) is 6.07 Å². The normalized spacial score (nSPS) is 12.0. The minimum Gasteiger partial charge on any atom is -0.455 e. The van der Waals surface area contributed by atoms with Gasteiger partial charge in [0, 0.05) is 43.8 Å². The van der Waals surface area contributed by atoms with Crippen molar-refractivity contribution >= 4 is 87.0 Å². The Labute approximate surface area is 345 Å². The average molecular weight is 763 g/mol. The third kappa shape index (κ3) is 4.70. The molecular formula is C58H34O2. The molecule has 0 fully saturated rings. The molecule has 0 saturated carbocycles. The van der Waals surface area contributed by atoms with Crippen molar-refractivity contribution in [2.75, 3.05) is 0 Å². The van der Waals surface area contributed by atoms with E-state index in [0.29, 0.717) is 0 Å². The molecule has 278 valence electrons. The standard InChI is InChI=1S/C58H34O2/c1-2-16-35(17-3-1)53-38-19-4-6-21-40(38)54(41-22-7-5-20-39(41)53)36-32-33-52-50(34-36)47-28-15-30-49(58(47)60-52)56-44-25-10-8-23-42(44)55(43-24-9-11-26-45(43)56)48-29-14-27-46-37-18-12-13-31-51(37)59-57(46)48/h1-34H. The van der Waals surface area contributed by atoms with Crippen molar-refractivity contribution in [3.05, 3.63) is 206 Å². The summed E-state index contributed by atoms with van der Waals surface area (Å²) in [4.78, 5) is 0. The van der Waals surface area contributed by atoms with Gasteiger partial charge in [0.15, 0.2) is 0 Å². The van der Waals surface area contributed by atoms with Crippen LogP contribution in [0.2, 0.25) is 0 Å². The van der Waals surface area contributed by atoms with Crippen molar-refractivity contribution in [3.63, 3.8) is 0 Å². The van der Waals surface area contributed by atoms with E-state index in [0.717, 1.165) is 55.0 Å². The van der Waals surface area contributed by atoms with Gasteiger partial charge in [-0.3, -0.25) is 0 Å². The number of para-hydroxylation sites is 3. The minimum atomic E-state index is 0.873. The van der Waals surface area contributed by atoms with Gasteiger partial charge < -0.3 is 8.83 Å². The lowest BCUT2D eigenvalue weighted by molar-refractivity contribution is 0.669. The first-order valence-electron chi connectivity index (χ1n) is 20.6. The molecule has 13 aromatic rings. The highest BCUT2D eigenvalue weighted by atomic mass is 16.3. The average Bonchev–Trinajstić information content (AvgIpc) is 3.89. The second-order valence-corrected chi connectivity index (χ2v) is 15.8. The Balaban J connectivity index is 1.06.